The molecule has 0 fully saturated rings. The first kappa shape index (κ1) is 14.0. The minimum atomic E-state index is 0.174. The Morgan fingerprint density at radius 3 is 2.63 bits per heavy atom. The van der Waals surface area contributed by atoms with Crippen molar-refractivity contribution in [3.63, 3.8) is 0 Å². The van der Waals surface area contributed by atoms with Crippen LogP contribution in [0, 0.1) is 0 Å². The predicted molar refractivity (Wildman–Crippen MR) is 80.6 cm³/mol. The molecule has 0 bridgehead atoms. The van der Waals surface area contributed by atoms with E-state index in [9.17, 15) is 0 Å². The molecule has 1 N–H and O–H groups in total. The molecule has 0 radical (unpaired) electrons. The third kappa shape index (κ3) is 3.78. The van der Waals surface area contributed by atoms with Gasteiger partial charge in [-0.15, -0.1) is 0 Å². The number of hydrogen-bond donors (Lipinski definition) is 1. The van der Waals surface area contributed by atoms with Gasteiger partial charge in [0.25, 0.3) is 0 Å². The second-order valence-corrected chi connectivity index (χ2v) is 5.26. The Morgan fingerprint density at radius 2 is 1.95 bits per heavy atom. The highest BCUT2D eigenvalue weighted by atomic mass is 79.9. The predicted octanol–water partition coefficient (Wildman–Crippen LogP) is 2.97. The lowest BCUT2D eigenvalue weighted by Gasteiger charge is -2.12. The van der Waals surface area contributed by atoms with Crippen molar-refractivity contribution in [3.8, 4) is 0 Å². The Hall–Kier alpha value is -1.40. The van der Waals surface area contributed by atoms with Crippen molar-refractivity contribution in [2.24, 2.45) is 0 Å². The smallest absolute Gasteiger partial charge is 0.230 e. The summed E-state index contributed by atoms with van der Waals surface area (Å²) in [6.07, 6.45) is 0. The number of hydrogen-bond acceptors (Lipinski definition) is 5. The van der Waals surface area contributed by atoms with E-state index in [1.807, 2.05) is 38.4 Å². The van der Waals surface area contributed by atoms with Gasteiger partial charge in [-0.05, 0) is 23.2 Å². The maximum Gasteiger partial charge on any atom is 0.230 e. The number of benzene rings is 1. The summed E-state index contributed by atoms with van der Waals surface area (Å²) in [5.74, 6) is 0.981. The highest BCUT2D eigenvalue weighted by Crippen LogP contribution is 2.17. The van der Waals surface area contributed by atoms with Gasteiger partial charge >= 0.3 is 0 Å². The molecule has 7 heteroatoms. The fourth-order valence-corrected chi connectivity index (χ4v) is 2.02. The van der Waals surface area contributed by atoms with E-state index in [0.29, 0.717) is 18.4 Å². The van der Waals surface area contributed by atoms with Gasteiger partial charge in [0.15, 0.2) is 0 Å². The zero-order valence-corrected chi connectivity index (χ0v) is 12.9. The summed E-state index contributed by atoms with van der Waals surface area (Å²) in [6.45, 7) is 0.606. The third-order valence-electron chi connectivity index (χ3n) is 2.39. The molecule has 0 aliphatic carbocycles. The van der Waals surface area contributed by atoms with Crippen LogP contribution in [0.25, 0.3) is 0 Å². The largest absolute Gasteiger partial charge is 0.350 e. The number of rotatable bonds is 4. The molecule has 0 saturated heterocycles. The zero-order chi connectivity index (χ0) is 13.8. The molecule has 0 aliphatic heterocycles. The number of halogens is 2. The molecule has 0 aliphatic rings. The molecule has 19 heavy (non-hydrogen) atoms. The first-order chi connectivity index (χ1) is 9.06. The van der Waals surface area contributed by atoms with Gasteiger partial charge in [0.05, 0.1) is 0 Å². The van der Waals surface area contributed by atoms with Gasteiger partial charge < -0.3 is 10.2 Å². The molecule has 2 rings (SSSR count). The Morgan fingerprint density at radius 1 is 1.21 bits per heavy atom. The Labute approximate surface area is 125 Å². The number of nitrogens with one attached hydrogen (secondary N) is 1. The van der Waals surface area contributed by atoms with Crippen LogP contribution in [0.2, 0.25) is 5.28 Å². The average molecular weight is 343 g/mol. The normalized spacial score (nSPS) is 10.3. The standard InChI is InChI=1S/C12H13BrClN5/c1-19(2)12-17-10(14)16-11(18-12)15-7-8-5-3-4-6-9(8)13/h3-6H,7H2,1-2H3,(H,15,16,17,18). The van der Waals surface area contributed by atoms with Crippen molar-refractivity contribution in [2.75, 3.05) is 24.3 Å². The van der Waals surface area contributed by atoms with Crippen molar-refractivity contribution in [1.29, 1.82) is 0 Å². The van der Waals surface area contributed by atoms with Gasteiger partial charge in [-0.2, -0.15) is 15.0 Å². The van der Waals surface area contributed by atoms with Crippen molar-refractivity contribution in [1.82, 2.24) is 15.0 Å². The fraction of sp³-hybridized carbons (Fsp3) is 0.250. The van der Waals surface area contributed by atoms with Gasteiger partial charge in [0.2, 0.25) is 17.2 Å². The van der Waals surface area contributed by atoms with Crippen molar-refractivity contribution in [3.05, 3.63) is 39.6 Å². The van der Waals surface area contributed by atoms with Crippen molar-refractivity contribution in [2.45, 2.75) is 6.54 Å². The van der Waals surface area contributed by atoms with E-state index >= 15 is 0 Å². The molecule has 1 aromatic carbocycles. The first-order valence-corrected chi connectivity index (χ1v) is 6.79. The van der Waals surface area contributed by atoms with Gasteiger partial charge in [-0.1, -0.05) is 34.1 Å². The van der Waals surface area contributed by atoms with Crippen LogP contribution in [0.5, 0.6) is 0 Å². The summed E-state index contributed by atoms with van der Waals surface area (Å²) in [5.41, 5.74) is 1.12. The number of anilines is 2. The molecular weight excluding hydrogens is 330 g/mol. The lowest BCUT2D eigenvalue weighted by Crippen LogP contribution is -2.15. The van der Waals surface area contributed by atoms with Gasteiger partial charge in [-0.25, -0.2) is 0 Å². The minimum Gasteiger partial charge on any atom is -0.350 e. The van der Waals surface area contributed by atoms with Gasteiger partial charge in [-0.3, -0.25) is 0 Å². The Balaban J connectivity index is 2.14. The maximum atomic E-state index is 5.87. The molecular formula is C12H13BrClN5. The summed E-state index contributed by atoms with van der Waals surface area (Å²) in [6, 6.07) is 7.96. The van der Waals surface area contributed by atoms with Crippen LogP contribution in [-0.4, -0.2) is 29.0 Å². The molecule has 2 aromatic rings. The monoisotopic (exact) mass is 341 g/mol. The van der Waals surface area contributed by atoms with E-state index in [0.717, 1.165) is 10.0 Å². The topological polar surface area (TPSA) is 53.9 Å². The summed E-state index contributed by atoms with van der Waals surface area (Å²) < 4.78 is 1.04. The molecule has 0 unspecified atom stereocenters. The molecule has 0 amide bonds. The van der Waals surface area contributed by atoms with Crippen LogP contribution in [0.15, 0.2) is 28.7 Å². The molecule has 0 spiro atoms. The molecule has 5 nitrogen and oxygen atoms in total. The molecule has 1 heterocycles. The molecule has 0 saturated carbocycles. The molecule has 100 valence electrons. The SMILES string of the molecule is CN(C)c1nc(Cl)nc(NCc2ccccc2Br)n1. The van der Waals surface area contributed by atoms with E-state index in [1.54, 1.807) is 4.90 Å². The first-order valence-electron chi connectivity index (χ1n) is 5.62. The fourth-order valence-electron chi connectivity index (χ4n) is 1.43. The van der Waals surface area contributed by atoms with Gasteiger partial charge in [0, 0.05) is 25.1 Å². The van der Waals surface area contributed by atoms with Gasteiger partial charge in [0.1, 0.15) is 0 Å². The van der Waals surface area contributed by atoms with Crippen molar-refractivity contribution < 1.29 is 0 Å². The summed E-state index contributed by atoms with van der Waals surface area (Å²) in [7, 11) is 3.70. The minimum absolute atomic E-state index is 0.174. The van der Waals surface area contributed by atoms with Crippen LogP contribution >= 0.6 is 27.5 Å². The van der Waals surface area contributed by atoms with E-state index in [1.165, 1.54) is 0 Å². The highest BCUT2D eigenvalue weighted by molar-refractivity contribution is 9.10. The van der Waals surface area contributed by atoms with E-state index < -0.39 is 0 Å². The number of nitrogens with zero attached hydrogens (tertiary/aromatic N) is 4. The number of aromatic nitrogens is 3. The average Bonchev–Trinajstić information content (AvgIpc) is 2.37. The quantitative estimate of drug-likeness (QED) is 0.926. The zero-order valence-electron chi connectivity index (χ0n) is 10.6. The summed E-state index contributed by atoms with van der Waals surface area (Å²) in [5, 5.41) is 3.31. The van der Waals surface area contributed by atoms with Crippen molar-refractivity contribution >= 4 is 39.4 Å². The lowest BCUT2D eigenvalue weighted by atomic mass is 10.2. The maximum absolute atomic E-state index is 5.87. The molecule has 1 aromatic heterocycles. The van der Waals surface area contributed by atoms with Crippen LogP contribution in [0.3, 0.4) is 0 Å². The summed E-state index contributed by atoms with van der Waals surface area (Å²) >= 11 is 9.36. The summed E-state index contributed by atoms with van der Waals surface area (Å²) in [4.78, 5) is 14.1. The van der Waals surface area contributed by atoms with E-state index in [2.05, 4.69) is 36.2 Å². The molecule has 0 atom stereocenters. The van der Waals surface area contributed by atoms with Crippen LogP contribution in [-0.2, 0) is 6.54 Å². The van der Waals surface area contributed by atoms with Crippen LogP contribution in [0.1, 0.15) is 5.56 Å². The Bertz CT molecular complexity index is 576. The third-order valence-corrected chi connectivity index (χ3v) is 3.33. The Kier molecular flexibility index (Phi) is 4.55. The second-order valence-electron chi connectivity index (χ2n) is 4.07. The van der Waals surface area contributed by atoms with Crippen LogP contribution < -0.4 is 10.2 Å². The highest BCUT2D eigenvalue weighted by Gasteiger charge is 2.07. The second kappa shape index (κ2) is 6.16. The lowest BCUT2D eigenvalue weighted by molar-refractivity contribution is 0.941. The van der Waals surface area contributed by atoms with E-state index in [4.69, 9.17) is 11.6 Å². The van der Waals surface area contributed by atoms with E-state index in [-0.39, 0.29) is 5.28 Å². The van der Waals surface area contributed by atoms with Crippen LogP contribution in [0.4, 0.5) is 11.9 Å².